The van der Waals surface area contributed by atoms with Crippen molar-refractivity contribution in [3.05, 3.63) is 59.9 Å². The van der Waals surface area contributed by atoms with Crippen LogP contribution in [0.4, 0.5) is 4.39 Å². The lowest BCUT2D eigenvalue weighted by molar-refractivity contribution is 0.627. The fraction of sp³-hybridized carbons (Fsp3) is 0.0769. The van der Waals surface area contributed by atoms with Crippen LogP contribution in [0, 0.1) is 5.82 Å². The lowest BCUT2D eigenvalue weighted by Crippen LogP contribution is -1.99. The monoisotopic (exact) mass is 228 g/mol. The average molecular weight is 228 g/mol. The van der Waals surface area contributed by atoms with Crippen LogP contribution in [0.1, 0.15) is 5.56 Å². The number of benzene rings is 2. The number of thioether (sulfide) groups is 1. The number of halogens is 1. The Morgan fingerprint density at radius 3 is 2.50 bits per heavy atom. The van der Waals surface area contributed by atoms with Crippen molar-refractivity contribution in [2.75, 3.05) is 0 Å². The maximum atomic E-state index is 12.7. The van der Waals surface area contributed by atoms with Gasteiger partial charge in [-0.1, -0.05) is 35.8 Å². The minimum absolute atomic E-state index is 0.197. The Morgan fingerprint density at radius 2 is 1.81 bits per heavy atom. The lowest BCUT2D eigenvalue weighted by Gasteiger charge is -2.03. The van der Waals surface area contributed by atoms with E-state index in [1.807, 2.05) is 24.3 Å². The van der Waals surface area contributed by atoms with Gasteiger partial charge in [-0.2, -0.15) is 0 Å². The molecule has 2 radical (unpaired) electrons. The Morgan fingerprint density at radius 1 is 1.06 bits per heavy atom. The van der Waals surface area contributed by atoms with Crippen LogP contribution < -0.4 is 5.46 Å². The molecule has 0 saturated carbocycles. The molecule has 2 aromatic rings. The van der Waals surface area contributed by atoms with E-state index in [0.717, 1.165) is 21.7 Å². The molecule has 0 fully saturated rings. The van der Waals surface area contributed by atoms with Crippen molar-refractivity contribution >= 4 is 25.1 Å². The highest BCUT2D eigenvalue weighted by atomic mass is 32.2. The second kappa shape index (κ2) is 5.22. The van der Waals surface area contributed by atoms with Gasteiger partial charge in [0.05, 0.1) is 0 Å². The molecule has 0 aliphatic heterocycles. The molecule has 0 spiro atoms. The Bertz CT molecular complexity index is 468. The van der Waals surface area contributed by atoms with Gasteiger partial charge < -0.3 is 0 Å². The van der Waals surface area contributed by atoms with Crippen LogP contribution in [0.5, 0.6) is 0 Å². The summed E-state index contributed by atoms with van der Waals surface area (Å²) in [5.41, 5.74) is 1.87. The maximum absolute atomic E-state index is 12.7. The summed E-state index contributed by atoms with van der Waals surface area (Å²) in [5, 5.41) is 0. The van der Waals surface area contributed by atoms with Gasteiger partial charge in [0.1, 0.15) is 13.7 Å². The third kappa shape index (κ3) is 3.14. The van der Waals surface area contributed by atoms with Crippen LogP contribution in [-0.4, -0.2) is 7.85 Å². The highest BCUT2D eigenvalue weighted by Gasteiger charge is 1.97. The zero-order chi connectivity index (χ0) is 11.4. The maximum Gasteiger partial charge on any atom is 0.123 e. The van der Waals surface area contributed by atoms with E-state index in [4.69, 9.17) is 7.85 Å². The Hall–Kier alpha value is -1.22. The minimum atomic E-state index is -0.197. The molecule has 0 heterocycles. The second-order valence-corrected chi connectivity index (χ2v) is 4.54. The molecule has 3 heteroatoms. The van der Waals surface area contributed by atoms with Crippen LogP contribution in [-0.2, 0) is 5.75 Å². The zero-order valence-electron chi connectivity index (χ0n) is 8.69. The van der Waals surface area contributed by atoms with E-state index < -0.39 is 0 Å². The normalized spacial score (nSPS) is 10.3. The average Bonchev–Trinajstić information content (AvgIpc) is 2.28. The van der Waals surface area contributed by atoms with Gasteiger partial charge >= 0.3 is 0 Å². The highest BCUT2D eigenvalue weighted by molar-refractivity contribution is 7.98. The summed E-state index contributed by atoms with van der Waals surface area (Å²) in [6.45, 7) is 0. The molecule has 0 saturated heterocycles. The molecule has 0 amide bonds. The molecule has 0 N–H and O–H groups in total. The van der Waals surface area contributed by atoms with Crippen LogP contribution in [0.2, 0.25) is 0 Å². The third-order valence-electron chi connectivity index (χ3n) is 2.18. The van der Waals surface area contributed by atoms with Gasteiger partial charge in [0.2, 0.25) is 0 Å². The number of hydrogen-bond donors (Lipinski definition) is 0. The highest BCUT2D eigenvalue weighted by Crippen LogP contribution is 2.21. The quantitative estimate of drug-likeness (QED) is 0.575. The molecule has 0 atom stereocenters. The molecular formula is C13H10BFS. The van der Waals surface area contributed by atoms with Crippen molar-refractivity contribution in [2.45, 2.75) is 10.6 Å². The molecular weight excluding hydrogens is 218 g/mol. The summed E-state index contributed by atoms with van der Waals surface area (Å²) in [7, 11) is 5.68. The molecule has 78 valence electrons. The SMILES string of the molecule is [B]c1cccc(SCc2ccc(F)cc2)c1. The van der Waals surface area contributed by atoms with Gasteiger partial charge in [0, 0.05) is 10.6 Å². The third-order valence-corrected chi connectivity index (χ3v) is 3.24. The standard InChI is InChI=1S/C13H10BFS/c14-11-2-1-3-13(8-11)16-9-10-4-6-12(15)7-5-10/h1-8H,9H2. The van der Waals surface area contributed by atoms with E-state index >= 15 is 0 Å². The molecule has 0 nitrogen and oxygen atoms in total. The van der Waals surface area contributed by atoms with Crippen molar-refractivity contribution in [2.24, 2.45) is 0 Å². The van der Waals surface area contributed by atoms with Crippen molar-refractivity contribution in [3.63, 3.8) is 0 Å². The van der Waals surface area contributed by atoms with Crippen molar-refractivity contribution in [1.82, 2.24) is 0 Å². The molecule has 0 aliphatic rings. The first-order chi connectivity index (χ1) is 7.74. The van der Waals surface area contributed by atoms with Crippen LogP contribution in [0.15, 0.2) is 53.4 Å². The molecule has 0 bridgehead atoms. The predicted molar refractivity (Wildman–Crippen MR) is 67.8 cm³/mol. The molecule has 0 aliphatic carbocycles. The number of rotatable bonds is 3. The summed E-state index contributed by atoms with van der Waals surface area (Å²) in [6, 6.07) is 14.3. The summed E-state index contributed by atoms with van der Waals surface area (Å²) >= 11 is 1.69. The molecule has 2 aromatic carbocycles. The molecule has 0 aromatic heterocycles. The summed E-state index contributed by atoms with van der Waals surface area (Å²) in [6.07, 6.45) is 0. The first-order valence-corrected chi connectivity index (χ1v) is 5.95. The predicted octanol–water partition coefficient (Wildman–Crippen LogP) is 2.91. The van der Waals surface area contributed by atoms with Crippen molar-refractivity contribution in [1.29, 1.82) is 0 Å². The summed E-state index contributed by atoms with van der Waals surface area (Å²) in [4.78, 5) is 1.13. The van der Waals surface area contributed by atoms with Gasteiger partial charge in [-0.3, -0.25) is 0 Å². The fourth-order valence-corrected chi connectivity index (χ4v) is 2.27. The van der Waals surface area contributed by atoms with Crippen molar-refractivity contribution in [3.8, 4) is 0 Å². The Balaban J connectivity index is 1.99. The minimum Gasteiger partial charge on any atom is -0.207 e. The smallest absolute Gasteiger partial charge is 0.123 e. The molecule has 0 unspecified atom stereocenters. The van der Waals surface area contributed by atoms with Crippen LogP contribution >= 0.6 is 11.8 Å². The van der Waals surface area contributed by atoms with E-state index in [1.54, 1.807) is 23.9 Å². The second-order valence-electron chi connectivity index (χ2n) is 3.49. The Labute approximate surface area is 100 Å². The summed E-state index contributed by atoms with van der Waals surface area (Å²) < 4.78 is 12.7. The van der Waals surface area contributed by atoms with Gasteiger partial charge in [0.25, 0.3) is 0 Å². The van der Waals surface area contributed by atoms with E-state index in [-0.39, 0.29) is 5.82 Å². The topological polar surface area (TPSA) is 0 Å². The van der Waals surface area contributed by atoms with E-state index in [2.05, 4.69) is 0 Å². The van der Waals surface area contributed by atoms with Crippen LogP contribution in [0.25, 0.3) is 0 Å². The van der Waals surface area contributed by atoms with Crippen LogP contribution in [0.3, 0.4) is 0 Å². The summed E-state index contributed by atoms with van der Waals surface area (Å²) in [5.74, 6) is 0.627. The zero-order valence-corrected chi connectivity index (χ0v) is 9.51. The molecule has 2 rings (SSSR count). The largest absolute Gasteiger partial charge is 0.207 e. The van der Waals surface area contributed by atoms with Gasteiger partial charge in [-0.05, 0) is 23.8 Å². The van der Waals surface area contributed by atoms with E-state index in [1.165, 1.54) is 12.1 Å². The van der Waals surface area contributed by atoms with Crippen molar-refractivity contribution < 1.29 is 4.39 Å². The van der Waals surface area contributed by atoms with E-state index in [0.29, 0.717) is 0 Å². The lowest BCUT2D eigenvalue weighted by atomic mass is 9.97. The first-order valence-electron chi connectivity index (χ1n) is 4.97. The van der Waals surface area contributed by atoms with E-state index in [9.17, 15) is 4.39 Å². The van der Waals surface area contributed by atoms with Gasteiger partial charge in [-0.25, -0.2) is 4.39 Å². The first kappa shape index (κ1) is 11.3. The molecule has 16 heavy (non-hydrogen) atoms. The van der Waals surface area contributed by atoms with Gasteiger partial charge in [0.15, 0.2) is 0 Å². The Kier molecular flexibility index (Phi) is 3.68. The van der Waals surface area contributed by atoms with Gasteiger partial charge in [-0.15, -0.1) is 11.8 Å². The number of hydrogen-bond acceptors (Lipinski definition) is 1. The fourth-order valence-electron chi connectivity index (χ4n) is 1.35.